The molecule has 3 aromatic carbocycles. The van der Waals surface area contributed by atoms with Crippen molar-refractivity contribution in [3.8, 4) is 22.6 Å². The molecule has 0 unspecified atom stereocenters. The van der Waals surface area contributed by atoms with Crippen molar-refractivity contribution in [2.45, 2.75) is 20.5 Å². The van der Waals surface area contributed by atoms with Crippen LogP contribution < -0.4 is 10.4 Å². The lowest BCUT2D eigenvalue weighted by Gasteiger charge is -2.14. The Bertz CT molecular complexity index is 1260. The molecule has 1 heterocycles. The minimum absolute atomic E-state index is 0.198. The molecule has 4 aromatic rings. The molecule has 0 aliphatic rings. The molecule has 0 saturated carbocycles. The number of nitrogens with zero attached hydrogens (tertiary/aromatic N) is 4. The Morgan fingerprint density at radius 3 is 2.47 bits per heavy atom. The van der Waals surface area contributed by atoms with Gasteiger partial charge in [0.05, 0.1) is 5.69 Å². The zero-order valence-corrected chi connectivity index (χ0v) is 17.0. The fraction of sp³-hybridized carbons (Fsp3) is 0.174. The van der Waals surface area contributed by atoms with Crippen LogP contribution in [0, 0.1) is 19.7 Å². The number of benzene rings is 3. The Morgan fingerprint density at radius 1 is 1.00 bits per heavy atom. The van der Waals surface area contributed by atoms with E-state index in [0.29, 0.717) is 17.0 Å². The third-order valence-electron chi connectivity index (χ3n) is 5.02. The van der Waals surface area contributed by atoms with E-state index < -0.39 is 0 Å². The van der Waals surface area contributed by atoms with Gasteiger partial charge in [0.25, 0.3) is 0 Å². The number of tetrazole rings is 1. The number of aromatic nitrogens is 4. The van der Waals surface area contributed by atoms with Crippen molar-refractivity contribution in [2.75, 3.05) is 0 Å². The van der Waals surface area contributed by atoms with Crippen LogP contribution in [0.4, 0.5) is 4.39 Å². The topological polar surface area (TPSA) is 61.9 Å². The van der Waals surface area contributed by atoms with Gasteiger partial charge in [0.15, 0.2) is 0 Å². The van der Waals surface area contributed by atoms with Crippen LogP contribution in [-0.4, -0.2) is 19.8 Å². The molecule has 0 N–H and O–H groups in total. The number of hydrogen-bond acceptors (Lipinski definition) is 4. The van der Waals surface area contributed by atoms with Crippen LogP contribution in [0.1, 0.15) is 16.7 Å². The van der Waals surface area contributed by atoms with Gasteiger partial charge < -0.3 is 4.74 Å². The molecule has 152 valence electrons. The Kier molecular flexibility index (Phi) is 5.18. The lowest BCUT2D eigenvalue weighted by atomic mass is 10.0. The molecule has 0 saturated heterocycles. The van der Waals surface area contributed by atoms with Gasteiger partial charge in [0.1, 0.15) is 18.2 Å². The Morgan fingerprint density at radius 2 is 1.77 bits per heavy atom. The first-order valence-corrected chi connectivity index (χ1v) is 9.51. The molecule has 0 amide bonds. The van der Waals surface area contributed by atoms with Crippen LogP contribution in [0.2, 0.25) is 0 Å². The van der Waals surface area contributed by atoms with Gasteiger partial charge in [-0.15, -0.1) is 0 Å². The standard InChI is InChI=1S/C23H21FN4O2/c1-15-7-9-17(10-8-15)19-13-18(11-12-21(19)24)30-14-20-16(2)5-4-6-22(20)28-23(29)27(3)25-26-28/h4-13H,14H2,1-3H3. The molecular formula is C23H21FN4O2. The van der Waals surface area contributed by atoms with Gasteiger partial charge >= 0.3 is 5.69 Å². The quantitative estimate of drug-likeness (QED) is 0.505. The lowest BCUT2D eigenvalue weighted by molar-refractivity contribution is 0.304. The van der Waals surface area contributed by atoms with Crippen molar-refractivity contribution < 1.29 is 9.13 Å². The SMILES string of the molecule is Cc1ccc(-c2cc(OCc3c(C)cccc3-n3nnn(C)c3=O)ccc2F)cc1. The molecule has 0 aliphatic carbocycles. The highest BCUT2D eigenvalue weighted by atomic mass is 19.1. The molecule has 0 atom stereocenters. The first-order valence-electron chi connectivity index (χ1n) is 9.51. The second-order valence-corrected chi connectivity index (χ2v) is 7.17. The molecule has 6 nitrogen and oxygen atoms in total. The van der Waals surface area contributed by atoms with Gasteiger partial charge in [-0.3, -0.25) is 0 Å². The summed E-state index contributed by atoms with van der Waals surface area (Å²) >= 11 is 0. The third-order valence-corrected chi connectivity index (χ3v) is 5.02. The van der Waals surface area contributed by atoms with Crippen molar-refractivity contribution in [2.24, 2.45) is 7.05 Å². The summed E-state index contributed by atoms with van der Waals surface area (Å²) in [6, 6.07) is 17.9. The molecular weight excluding hydrogens is 383 g/mol. The largest absolute Gasteiger partial charge is 0.489 e. The van der Waals surface area contributed by atoms with Crippen LogP contribution in [0.5, 0.6) is 5.75 Å². The maximum absolute atomic E-state index is 14.4. The molecule has 7 heteroatoms. The van der Waals surface area contributed by atoms with Crippen LogP contribution in [0.3, 0.4) is 0 Å². The Hall–Kier alpha value is -3.74. The lowest BCUT2D eigenvalue weighted by Crippen LogP contribution is -2.23. The zero-order valence-electron chi connectivity index (χ0n) is 17.0. The van der Waals surface area contributed by atoms with E-state index in [1.54, 1.807) is 25.2 Å². The number of halogens is 1. The maximum Gasteiger partial charge on any atom is 0.368 e. The average molecular weight is 404 g/mol. The zero-order chi connectivity index (χ0) is 21.3. The van der Waals surface area contributed by atoms with Gasteiger partial charge in [0, 0.05) is 18.2 Å². The number of ether oxygens (including phenoxy) is 1. The minimum Gasteiger partial charge on any atom is -0.489 e. The van der Waals surface area contributed by atoms with Crippen molar-refractivity contribution >= 4 is 0 Å². The smallest absolute Gasteiger partial charge is 0.368 e. The summed E-state index contributed by atoms with van der Waals surface area (Å²) in [6.45, 7) is 4.12. The highest BCUT2D eigenvalue weighted by Crippen LogP contribution is 2.28. The number of rotatable bonds is 5. The van der Waals surface area contributed by atoms with Crippen molar-refractivity contribution in [3.63, 3.8) is 0 Å². The summed E-state index contributed by atoms with van der Waals surface area (Å²) in [5.74, 6) is 0.224. The second-order valence-electron chi connectivity index (χ2n) is 7.17. The molecule has 1 aromatic heterocycles. The van der Waals surface area contributed by atoms with Crippen LogP contribution >= 0.6 is 0 Å². The summed E-state index contributed by atoms with van der Waals surface area (Å²) in [7, 11) is 1.54. The number of aryl methyl sites for hydroxylation is 3. The van der Waals surface area contributed by atoms with Crippen molar-refractivity contribution in [1.29, 1.82) is 0 Å². The summed E-state index contributed by atoms with van der Waals surface area (Å²) in [5.41, 5.74) is 4.39. The first kappa shape index (κ1) is 19.6. The first-order chi connectivity index (χ1) is 14.4. The highest BCUT2D eigenvalue weighted by molar-refractivity contribution is 5.66. The van der Waals surface area contributed by atoms with E-state index in [1.807, 2.05) is 50.2 Å². The maximum atomic E-state index is 14.4. The van der Waals surface area contributed by atoms with Crippen molar-refractivity contribution in [3.05, 3.63) is 93.7 Å². The Balaban J connectivity index is 1.65. The summed E-state index contributed by atoms with van der Waals surface area (Å²) in [4.78, 5) is 12.3. The molecule has 30 heavy (non-hydrogen) atoms. The van der Waals surface area contributed by atoms with Crippen LogP contribution in [0.15, 0.2) is 65.5 Å². The summed E-state index contributed by atoms with van der Waals surface area (Å²) in [5, 5.41) is 7.70. The summed E-state index contributed by atoms with van der Waals surface area (Å²) < 4.78 is 22.8. The predicted octanol–water partition coefficient (Wildman–Crippen LogP) is 3.97. The fourth-order valence-corrected chi connectivity index (χ4v) is 3.24. The molecule has 0 aliphatic heterocycles. The molecule has 0 spiro atoms. The second kappa shape index (κ2) is 7.94. The van der Waals surface area contributed by atoms with E-state index in [1.165, 1.54) is 15.4 Å². The molecule has 0 radical (unpaired) electrons. The van der Waals surface area contributed by atoms with Gasteiger partial charge in [-0.1, -0.05) is 42.0 Å². The predicted molar refractivity (Wildman–Crippen MR) is 112 cm³/mol. The third kappa shape index (κ3) is 3.74. The normalized spacial score (nSPS) is 10.9. The van der Waals surface area contributed by atoms with E-state index in [-0.39, 0.29) is 18.1 Å². The molecule has 0 fully saturated rings. The van der Waals surface area contributed by atoms with Gasteiger partial charge in [0.2, 0.25) is 0 Å². The van der Waals surface area contributed by atoms with Crippen molar-refractivity contribution in [1.82, 2.24) is 19.8 Å². The van der Waals surface area contributed by atoms with Crippen LogP contribution in [0.25, 0.3) is 16.8 Å². The van der Waals surface area contributed by atoms with E-state index in [0.717, 1.165) is 22.3 Å². The van der Waals surface area contributed by atoms with E-state index >= 15 is 0 Å². The molecule has 0 bridgehead atoms. The fourth-order valence-electron chi connectivity index (χ4n) is 3.24. The summed E-state index contributed by atoms with van der Waals surface area (Å²) in [6.07, 6.45) is 0. The van der Waals surface area contributed by atoms with E-state index in [2.05, 4.69) is 10.4 Å². The van der Waals surface area contributed by atoms with Crippen LogP contribution in [-0.2, 0) is 13.7 Å². The van der Waals surface area contributed by atoms with E-state index in [4.69, 9.17) is 4.74 Å². The minimum atomic E-state index is -0.342. The average Bonchev–Trinajstić information content (AvgIpc) is 3.07. The number of hydrogen-bond donors (Lipinski definition) is 0. The molecule has 4 rings (SSSR count). The van der Waals surface area contributed by atoms with Gasteiger partial charge in [-0.2, -0.15) is 9.36 Å². The monoisotopic (exact) mass is 404 g/mol. The Labute approximate surface area is 173 Å². The van der Waals surface area contributed by atoms with Gasteiger partial charge in [-0.05, 0) is 59.7 Å². The van der Waals surface area contributed by atoms with Gasteiger partial charge in [-0.25, -0.2) is 9.18 Å². The highest BCUT2D eigenvalue weighted by Gasteiger charge is 2.14. The van der Waals surface area contributed by atoms with E-state index in [9.17, 15) is 9.18 Å².